The van der Waals surface area contributed by atoms with Crippen LogP contribution in [0.4, 0.5) is 5.69 Å². The third-order valence-electron chi connectivity index (χ3n) is 4.95. The Labute approximate surface area is 151 Å². The highest BCUT2D eigenvalue weighted by molar-refractivity contribution is 5.94. The summed E-state index contributed by atoms with van der Waals surface area (Å²) in [5.74, 6) is 0.0967. The number of hydrogen-bond donors (Lipinski definition) is 0. The molecule has 2 heterocycles. The number of nitrogens with zero attached hydrogens (tertiary/aromatic N) is 3. The van der Waals surface area contributed by atoms with Gasteiger partial charge in [-0.25, -0.2) is 0 Å². The lowest BCUT2D eigenvalue weighted by Crippen LogP contribution is -2.36. The van der Waals surface area contributed by atoms with Gasteiger partial charge in [0.15, 0.2) is 0 Å². The summed E-state index contributed by atoms with van der Waals surface area (Å²) in [5.41, 5.74) is 4.18. The second-order valence-corrected chi connectivity index (χ2v) is 6.78. The average Bonchev–Trinajstić information content (AvgIpc) is 2.67. The molecule has 2 aromatic carbocycles. The Morgan fingerprint density at radius 3 is 2.92 bits per heavy atom. The molecule has 0 spiro atoms. The van der Waals surface area contributed by atoms with Crippen LogP contribution in [0.5, 0.6) is 0 Å². The summed E-state index contributed by atoms with van der Waals surface area (Å²) in [5, 5.41) is 4.85. The molecule has 26 heavy (non-hydrogen) atoms. The summed E-state index contributed by atoms with van der Waals surface area (Å²) >= 11 is 0. The van der Waals surface area contributed by atoms with Gasteiger partial charge in [0.25, 0.3) is 0 Å². The largest absolute Gasteiger partial charge is 0.312 e. The molecule has 0 saturated heterocycles. The number of para-hydroxylation sites is 1. The molecule has 5 nitrogen and oxygen atoms in total. The van der Waals surface area contributed by atoms with E-state index in [2.05, 4.69) is 30.2 Å². The molecule has 0 N–H and O–H groups in total. The van der Waals surface area contributed by atoms with Crippen molar-refractivity contribution in [2.45, 2.75) is 32.7 Å². The second kappa shape index (κ2) is 6.75. The summed E-state index contributed by atoms with van der Waals surface area (Å²) in [6.07, 6.45) is 3.69. The van der Waals surface area contributed by atoms with E-state index in [1.54, 1.807) is 10.7 Å². The van der Waals surface area contributed by atoms with Gasteiger partial charge in [-0.15, -0.1) is 0 Å². The van der Waals surface area contributed by atoms with Crippen molar-refractivity contribution in [3.8, 4) is 0 Å². The molecule has 0 atom stereocenters. The van der Waals surface area contributed by atoms with Crippen molar-refractivity contribution < 1.29 is 4.79 Å². The molecule has 0 fully saturated rings. The molecule has 0 radical (unpaired) electrons. The van der Waals surface area contributed by atoms with E-state index in [-0.39, 0.29) is 11.3 Å². The Kier molecular flexibility index (Phi) is 4.29. The van der Waals surface area contributed by atoms with Crippen molar-refractivity contribution in [2.75, 3.05) is 11.4 Å². The molecule has 1 amide bonds. The van der Waals surface area contributed by atoms with E-state index in [1.165, 1.54) is 17.3 Å². The molecule has 4 rings (SSSR count). The monoisotopic (exact) mass is 347 g/mol. The average molecular weight is 347 g/mol. The Hall–Kier alpha value is -2.95. The molecule has 0 bridgehead atoms. The summed E-state index contributed by atoms with van der Waals surface area (Å²) in [6.45, 7) is 3.29. The Bertz CT molecular complexity index is 1040. The summed E-state index contributed by atoms with van der Waals surface area (Å²) in [7, 11) is 0. The number of hydrogen-bond acceptors (Lipinski definition) is 3. The smallest absolute Gasteiger partial charge is 0.228 e. The molecular formula is C21H21N3O2. The molecule has 0 unspecified atom stereocenters. The van der Waals surface area contributed by atoms with Crippen LogP contribution in [-0.4, -0.2) is 22.2 Å². The molecule has 3 aromatic rings. The fourth-order valence-corrected chi connectivity index (χ4v) is 3.66. The van der Waals surface area contributed by atoms with E-state index in [9.17, 15) is 9.59 Å². The van der Waals surface area contributed by atoms with Crippen LogP contribution < -0.4 is 10.3 Å². The number of benzene rings is 2. The van der Waals surface area contributed by atoms with Gasteiger partial charge in [-0.05, 0) is 43.5 Å². The van der Waals surface area contributed by atoms with Gasteiger partial charge in [-0.1, -0.05) is 29.8 Å². The predicted octanol–water partition coefficient (Wildman–Crippen LogP) is 3.07. The highest BCUT2D eigenvalue weighted by atomic mass is 16.2. The van der Waals surface area contributed by atoms with Crippen LogP contribution in [0.15, 0.2) is 53.5 Å². The van der Waals surface area contributed by atoms with Gasteiger partial charge in [-0.3, -0.25) is 14.3 Å². The van der Waals surface area contributed by atoms with Crippen LogP contribution in [0.2, 0.25) is 0 Å². The number of carbonyl (C=O) groups is 1. The van der Waals surface area contributed by atoms with Crippen LogP contribution in [0, 0.1) is 6.92 Å². The van der Waals surface area contributed by atoms with Crippen LogP contribution in [-0.2, 0) is 17.8 Å². The number of rotatable bonds is 3. The van der Waals surface area contributed by atoms with Crippen molar-refractivity contribution in [3.63, 3.8) is 0 Å². The van der Waals surface area contributed by atoms with Gasteiger partial charge in [0.1, 0.15) is 0 Å². The fourth-order valence-electron chi connectivity index (χ4n) is 3.66. The lowest BCUT2D eigenvalue weighted by Gasteiger charge is -2.30. The second-order valence-electron chi connectivity index (χ2n) is 6.78. The number of aryl methyl sites for hydroxylation is 3. The lowest BCUT2D eigenvalue weighted by atomic mass is 9.99. The fraction of sp³-hybridized carbons (Fsp3) is 0.286. The maximum atomic E-state index is 12.8. The van der Waals surface area contributed by atoms with E-state index in [4.69, 9.17) is 0 Å². The Morgan fingerprint density at radius 2 is 2.04 bits per heavy atom. The van der Waals surface area contributed by atoms with Gasteiger partial charge in [0.2, 0.25) is 11.3 Å². The minimum absolute atomic E-state index is 0.0940. The van der Waals surface area contributed by atoms with Crippen LogP contribution >= 0.6 is 0 Å². The van der Waals surface area contributed by atoms with Crippen molar-refractivity contribution in [1.82, 2.24) is 9.78 Å². The summed E-state index contributed by atoms with van der Waals surface area (Å²) in [6, 6.07) is 13.7. The minimum Gasteiger partial charge on any atom is -0.312 e. The highest BCUT2D eigenvalue weighted by Gasteiger charge is 2.22. The molecule has 0 aliphatic carbocycles. The summed E-state index contributed by atoms with van der Waals surface area (Å²) < 4.78 is 1.74. The van der Waals surface area contributed by atoms with Gasteiger partial charge in [0, 0.05) is 24.0 Å². The van der Waals surface area contributed by atoms with Gasteiger partial charge < -0.3 is 4.90 Å². The summed E-state index contributed by atoms with van der Waals surface area (Å²) in [4.78, 5) is 26.7. The van der Waals surface area contributed by atoms with Crippen molar-refractivity contribution in [1.29, 1.82) is 0 Å². The van der Waals surface area contributed by atoms with E-state index >= 15 is 0 Å². The zero-order valence-corrected chi connectivity index (χ0v) is 14.8. The number of aromatic nitrogens is 2. The molecule has 5 heteroatoms. The van der Waals surface area contributed by atoms with Gasteiger partial charge in [0.05, 0.1) is 18.3 Å². The third-order valence-corrected chi connectivity index (χ3v) is 4.95. The zero-order valence-electron chi connectivity index (χ0n) is 14.8. The topological polar surface area (TPSA) is 55.2 Å². The first kappa shape index (κ1) is 16.5. The standard InChI is InChI=1S/C21H21N3O2/c1-15-8-9-18-16(13-15)5-4-11-23(18)21(26)10-12-24-19-7-3-2-6-17(19)20(25)14-22-24/h2-3,6-9,13-14H,4-5,10-12H2,1H3. The van der Waals surface area contributed by atoms with Gasteiger partial charge in [-0.2, -0.15) is 5.10 Å². The molecular weight excluding hydrogens is 326 g/mol. The van der Waals surface area contributed by atoms with Crippen molar-refractivity contribution >= 4 is 22.5 Å². The van der Waals surface area contributed by atoms with Crippen molar-refractivity contribution in [3.05, 3.63) is 70.0 Å². The first-order chi connectivity index (χ1) is 12.6. The van der Waals surface area contributed by atoms with E-state index in [0.29, 0.717) is 18.4 Å². The number of amides is 1. The Balaban J connectivity index is 1.56. The van der Waals surface area contributed by atoms with Gasteiger partial charge >= 0.3 is 0 Å². The van der Waals surface area contributed by atoms with E-state index in [0.717, 1.165) is 30.6 Å². The number of fused-ring (bicyclic) bond motifs is 2. The highest BCUT2D eigenvalue weighted by Crippen LogP contribution is 2.28. The first-order valence-electron chi connectivity index (χ1n) is 8.98. The molecule has 1 aliphatic rings. The molecule has 1 aromatic heterocycles. The lowest BCUT2D eigenvalue weighted by molar-refractivity contribution is -0.118. The number of anilines is 1. The maximum absolute atomic E-state index is 12.8. The quantitative estimate of drug-likeness (QED) is 0.732. The predicted molar refractivity (Wildman–Crippen MR) is 102 cm³/mol. The molecule has 132 valence electrons. The number of carbonyl (C=O) groups excluding carboxylic acids is 1. The van der Waals surface area contributed by atoms with Crippen LogP contribution in [0.1, 0.15) is 24.0 Å². The normalized spacial score (nSPS) is 13.7. The van der Waals surface area contributed by atoms with Crippen molar-refractivity contribution in [2.24, 2.45) is 0 Å². The van der Waals surface area contributed by atoms with E-state index < -0.39 is 0 Å². The molecule has 1 aliphatic heterocycles. The SMILES string of the molecule is Cc1ccc2c(c1)CCCN2C(=O)CCn1ncc(=O)c2ccccc21. The minimum atomic E-state index is -0.0940. The third kappa shape index (κ3) is 3.01. The van der Waals surface area contributed by atoms with Crippen LogP contribution in [0.3, 0.4) is 0 Å². The zero-order chi connectivity index (χ0) is 18.1. The Morgan fingerprint density at radius 1 is 1.19 bits per heavy atom. The molecule has 0 saturated carbocycles. The van der Waals surface area contributed by atoms with Crippen LogP contribution in [0.25, 0.3) is 10.9 Å². The maximum Gasteiger partial charge on any atom is 0.228 e. The first-order valence-corrected chi connectivity index (χ1v) is 8.98. The van der Waals surface area contributed by atoms with E-state index in [1.807, 2.05) is 23.1 Å².